The number of aliphatic imine (C=N–C) groups is 1. The largest absolute Gasteiger partial charge is 0.389 e. The van der Waals surface area contributed by atoms with Crippen LogP contribution in [0.15, 0.2) is 16.8 Å². The summed E-state index contributed by atoms with van der Waals surface area (Å²) in [5, 5.41) is 52.5. The van der Waals surface area contributed by atoms with E-state index in [1.807, 2.05) is 0 Å². The van der Waals surface area contributed by atoms with Gasteiger partial charge in [-0.15, -0.1) is 0 Å². The summed E-state index contributed by atoms with van der Waals surface area (Å²) in [7, 11) is 0. The van der Waals surface area contributed by atoms with Crippen molar-refractivity contribution in [1.29, 1.82) is 0 Å². The molecule has 1 aliphatic heterocycles. The number of aliphatic hydroxyl groups excluding tert-OH is 3. The summed E-state index contributed by atoms with van der Waals surface area (Å²) in [6.07, 6.45) is 4.28. The third-order valence-corrected chi connectivity index (χ3v) is 11.2. The zero-order valence-corrected chi connectivity index (χ0v) is 40.7. The standard InChI is InChI=1S/C44H82N14O11/c1-5-7-8-9-10-11-12-13-14-17-33(62)56-36-32(61)24-51-41(67)34(30(59)22-46)58-43(69)35(31(60)23-47)57-39(65)27(16-15-20-50-44(48)49)53-40(66)29(21-25(3)4)55-38(64)28(18-19-45)54-37(63)26(6-2)52-42(36)68/h6,25,27-32,34-36,59-61H,5,7-24,45-47H2,1-4H3,(H,51,67)(H,52,68)(H,53,66)(H,54,63)(H,55,64)(H,56,62)(H,57,65)(H,58,69)(H4,48,49,50)/b26-6-/t27-,28-,29-,30-,31+,32+,34-,35-,36-/m0/s1. The summed E-state index contributed by atoms with van der Waals surface area (Å²) in [5.74, 6) is -8.28. The molecule has 0 aromatic heterocycles. The van der Waals surface area contributed by atoms with Gasteiger partial charge in [0.2, 0.25) is 41.4 Å². The summed E-state index contributed by atoms with van der Waals surface area (Å²) in [5.41, 5.74) is 27.7. The van der Waals surface area contributed by atoms with E-state index in [1.54, 1.807) is 13.8 Å². The fourth-order valence-electron chi connectivity index (χ4n) is 7.22. The van der Waals surface area contributed by atoms with Gasteiger partial charge < -0.3 is 86.5 Å². The first-order valence-electron chi connectivity index (χ1n) is 24.0. The van der Waals surface area contributed by atoms with Crippen molar-refractivity contribution in [3.63, 3.8) is 0 Å². The molecule has 0 bridgehead atoms. The molecular weight excluding hydrogens is 901 g/mol. The quantitative estimate of drug-likeness (QED) is 0.0198. The first-order chi connectivity index (χ1) is 32.7. The number of β-amino-alcohol motifs (C(OH)–C–C–N with tert-alkyl or cyclic N) is 1. The van der Waals surface area contributed by atoms with Gasteiger partial charge in [-0.3, -0.25) is 43.3 Å². The fraction of sp³-hybridized carbons (Fsp3) is 0.750. The number of carbonyl (C=O) groups is 8. The van der Waals surface area contributed by atoms with E-state index in [4.69, 9.17) is 28.7 Å². The Bertz CT molecular complexity index is 1710. The van der Waals surface area contributed by atoms with Crippen LogP contribution in [0.5, 0.6) is 0 Å². The zero-order valence-electron chi connectivity index (χ0n) is 40.7. The van der Waals surface area contributed by atoms with Gasteiger partial charge in [0.1, 0.15) is 48.1 Å². The minimum Gasteiger partial charge on any atom is -0.389 e. The molecule has 69 heavy (non-hydrogen) atoms. The Morgan fingerprint density at radius 2 is 1.23 bits per heavy atom. The number of hydrogen-bond acceptors (Lipinski definition) is 15. The number of allylic oxidation sites excluding steroid dienone is 1. The molecule has 0 spiro atoms. The average Bonchev–Trinajstić information content (AvgIpc) is 3.30. The van der Waals surface area contributed by atoms with Crippen molar-refractivity contribution in [3.8, 4) is 0 Å². The van der Waals surface area contributed by atoms with Crippen LogP contribution in [0.4, 0.5) is 0 Å². The van der Waals surface area contributed by atoms with Crippen molar-refractivity contribution in [2.75, 3.05) is 32.7 Å². The third kappa shape index (κ3) is 23.6. The predicted molar refractivity (Wildman–Crippen MR) is 258 cm³/mol. The Morgan fingerprint density at radius 1 is 0.710 bits per heavy atom. The van der Waals surface area contributed by atoms with E-state index in [-0.39, 0.29) is 57.1 Å². The van der Waals surface area contributed by atoms with Gasteiger partial charge in [0.25, 0.3) is 5.91 Å². The summed E-state index contributed by atoms with van der Waals surface area (Å²) in [4.78, 5) is 114. The molecule has 9 atom stereocenters. The number of nitrogens with two attached hydrogens (primary N) is 5. The highest BCUT2D eigenvalue weighted by Gasteiger charge is 2.38. The summed E-state index contributed by atoms with van der Waals surface area (Å²) in [6, 6.07) is -9.78. The van der Waals surface area contributed by atoms with Gasteiger partial charge in [0.15, 0.2) is 5.96 Å². The molecule has 0 aliphatic carbocycles. The van der Waals surface area contributed by atoms with E-state index >= 15 is 0 Å². The SMILES string of the molecule is C/C=C1\NC(=O)[C@@H](NC(=O)CCCCCCCCCCC)[C@H](O)CNC(=O)[C@H]([C@@H](O)CN)NC(=O)[C@H]([C@H](O)CN)NC(=O)[C@H](CCCN=C(N)N)NC(=O)[C@H](CC(C)C)NC(=O)[C@H](CCN)NC1=O. The highest BCUT2D eigenvalue weighted by atomic mass is 16.3. The Morgan fingerprint density at radius 3 is 1.78 bits per heavy atom. The molecular formula is C44H82N14O11. The average molecular weight is 983 g/mol. The van der Waals surface area contributed by atoms with Crippen LogP contribution in [0.3, 0.4) is 0 Å². The van der Waals surface area contributed by atoms with Crippen molar-refractivity contribution < 1.29 is 53.7 Å². The molecule has 0 unspecified atom stereocenters. The number of unbranched alkanes of at least 4 members (excludes halogenated alkanes) is 8. The van der Waals surface area contributed by atoms with E-state index in [1.165, 1.54) is 19.4 Å². The molecule has 1 saturated heterocycles. The Balaban J connectivity index is 3.78. The van der Waals surface area contributed by atoms with Crippen molar-refractivity contribution in [1.82, 2.24) is 42.5 Å². The van der Waals surface area contributed by atoms with Gasteiger partial charge in [-0.2, -0.15) is 0 Å². The summed E-state index contributed by atoms with van der Waals surface area (Å²) < 4.78 is 0. The lowest BCUT2D eigenvalue weighted by Gasteiger charge is -2.30. The van der Waals surface area contributed by atoms with Gasteiger partial charge in [-0.05, 0) is 51.5 Å². The monoisotopic (exact) mass is 983 g/mol. The van der Waals surface area contributed by atoms with Crippen LogP contribution in [0.2, 0.25) is 0 Å². The molecule has 1 rings (SSSR count). The lowest BCUT2D eigenvalue weighted by atomic mass is 10.0. The van der Waals surface area contributed by atoms with E-state index < -0.39 is 127 Å². The number of carbonyl (C=O) groups excluding carboxylic acids is 8. The minimum absolute atomic E-state index is 0.00748. The molecule has 21 N–H and O–H groups in total. The number of amides is 8. The maximum atomic E-state index is 14.0. The number of nitrogens with one attached hydrogen (secondary N) is 8. The molecule has 1 heterocycles. The smallest absolute Gasteiger partial charge is 0.268 e. The van der Waals surface area contributed by atoms with Crippen LogP contribution >= 0.6 is 0 Å². The second-order valence-corrected chi connectivity index (χ2v) is 17.5. The maximum absolute atomic E-state index is 14.0. The number of aliphatic hydroxyl groups is 3. The van der Waals surface area contributed by atoms with E-state index in [9.17, 15) is 53.7 Å². The number of hydrogen-bond donors (Lipinski definition) is 16. The normalized spacial score (nSPS) is 24.4. The Labute approximate surface area is 404 Å². The predicted octanol–water partition coefficient (Wildman–Crippen LogP) is -4.59. The lowest BCUT2D eigenvalue weighted by Crippen LogP contribution is -2.64. The fourth-order valence-corrected chi connectivity index (χ4v) is 7.22. The molecule has 8 amide bonds. The molecule has 25 nitrogen and oxygen atoms in total. The van der Waals surface area contributed by atoms with E-state index in [0.29, 0.717) is 6.42 Å². The molecule has 1 aliphatic rings. The highest BCUT2D eigenvalue weighted by molar-refractivity contribution is 6.02. The number of guanidine groups is 1. The zero-order chi connectivity index (χ0) is 52.1. The van der Waals surface area contributed by atoms with Crippen LogP contribution in [0.1, 0.15) is 118 Å². The van der Waals surface area contributed by atoms with Gasteiger partial charge in [0.05, 0.1) is 12.2 Å². The molecule has 394 valence electrons. The van der Waals surface area contributed by atoms with Crippen LogP contribution < -0.4 is 71.2 Å². The molecule has 0 saturated carbocycles. The first-order valence-corrected chi connectivity index (χ1v) is 24.0. The molecule has 0 radical (unpaired) electrons. The van der Waals surface area contributed by atoms with Crippen LogP contribution in [0, 0.1) is 5.92 Å². The summed E-state index contributed by atoms with van der Waals surface area (Å²) in [6.45, 7) is 4.97. The van der Waals surface area contributed by atoms with Crippen molar-refractivity contribution in [2.45, 2.75) is 172 Å². The summed E-state index contributed by atoms with van der Waals surface area (Å²) >= 11 is 0. The molecule has 1 fully saturated rings. The molecule has 25 heteroatoms. The van der Waals surface area contributed by atoms with Gasteiger partial charge in [-0.1, -0.05) is 78.2 Å². The first kappa shape index (κ1) is 61.5. The maximum Gasteiger partial charge on any atom is 0.268 e. The second kappa shape index (κ2) is 33.9. The second-order valence-electron chi connectivity index (χ2n) is 17.5. The van der Waals surface area contributed by atoms with Gasteiger partial charge in [0, 0.05) is 32.6 Å². The van der Waals surface area contributed by atoms with Crippen LogP contribution in [0.25, 0.3) is 0 Å². The van der Waals surface area contributed by atoms with Crippen molar-refractivity contribution in [3.05, 3.63) is 11.8 Å². The molecule has 0 aromatic carbocycles. The van der Waals surface area contributed by atoms with Gasteiger partial charge in [-0.25, -0.2) is 0 Å². The van der Waals surface area contributed by atoms with Crippen LogP contribution in [-0.4, -0.2) is 156 Å². The van der Waals surface area contributed by atoms with Gasteiger partial charge >= 0.3 is 0 Å². The highest BCUT2D eigenvalue weighted by Crippen LogP contribution is 2.12. The Kier molecular flexibility index (Phi) is 30.3. The third-order valence-electron chi connectivity index (χ3n) is 11.2. The van der Waals surface area contributed by atoms with E-state index in [2.05, 4.69) is 54.5 Å². The van der Waals surface area contributed by atoms with Crippen molar-refractivity contribution >= 4 is 53.2 Å². The topological polar surface area (TPSA) is 436 Å². The lowest BCUT2D eigenvalue weighted by molar-refractivity contribution is -0.138. The van der Waals surface area contributed by atoms with Crippen molar-refractivity contribution in [2.24, 2.45) is 39.6 Å². The number of nitrogens with zero attached hydrogens (tertiary/aromatic N) is 1. The van der Waals surface area contributed by atoms with E-state index in [0.717, 1.165) is 44.9 Å². The Hall–Kier alpha value is -5.47. The molecule has 0 aromatic rings. The number of rotatable bonds is 23. The van der Waals surface area contributed by atoms with Crippen LogP contribution in [-0.2, 0) is 38.4 Å². The minimum atomic E-state index is -1.91.